The number of benzene rings is 1. The van der Waals surface area contributed by atoms with Gasteiger partial charge in [0, 0.05) is 11.5 Å². The molecule has 1 saturated carbocycles. The van der Waals surface area contributed by atoms with Gasteiger partial charge in [-0.25, -0.2) is 9.18 Å². The monoisotopic (exact) mass is 433 g/mol. The van der Waals surface area contributed by atoms with Crippen molar-refractivity contribution < 1.29 is 23.8 Å². The summed E-state index contributed by atoms with van der Waals surface area (Å²) < 4.78 is 21.1. The fourth-order valence-corrected chi connectivity index (χ4v) is 3.78. The summed E-state index contributed by atoms with van der Waals surface area (Å²) in [5.41, 5.74) is -0.104. The van der Waals surface area contributed by atoms with Crippen molar-refractivity contribution in [1.82, 2.24) is 5.32 Å². The Morgan fingerprint density at radius 2 is 1.90 bits per heavy atom. The number of carbonyl (C=O) groups is 2. The van der Waals surface area contributed by atoms with Crippen LogP contribution in [0.15, 0.2) is 24.8 Å². The molecule has 1 aromatic rings. The van der Waals surface area contributed by atoms with E-state index in [9.17, 15) is 19.1 Å². The lowest BCUT2D eigenvalue weighted by Crippen LogP contribution is -2.49. The summed E-state index contributed by atoms with van der Waals surface area (Å²) >= 11 is 0. The third kappa shape index (κ3) is 6.08. The Labute approximate surface area is 185 Å². The van der Waals surface area contributed by atoms with E-state index in [4.69, 9.17) is 4.74 Å². The molecule has 1 amide bonds. The van der Waals surface area contributed by atoms with Crippen LogP contribution < -0.4 is 10.1 Å². The maximum Gasteiger partial charge on any atom is 0.326 e. The van der Waals surface area contributed by atoms with Gasteiger partial charge in [0.15, 0.2) is 0 Å². The van der Waals surface area contributed by atoms with Gasteiger partial charge in [0.1, 0.15) is 17.6 Å². The first-order valence-corrected chi connectivity index (χ1v) is 11.1. The topological polar surface area (TPSA) is 75.6 Å². The average Bonchev–Trinajstić information content (AvgIpc) is 3.53. The summed E-state index contributed by atoms with van der Waals surface area (Å²) in [7, 11) is 0. The van der Waals surface area contributed by atoms with Gasteiger partial charge >= 0.3 is 5.97 Å². The first-order chi connectivity index (χ1) is 14.5. The van der Waals surface area contributed by atoms with Crippen LogP contribution in [0.4, 0.5) is 4.39 Å². The van der Waals surface area contributed by atoms with Crippen LogP contribution in [-0.4, -0.2) is 29.6 Å². The quantitative estimate of drug-likeness (QED) is 0.439. The zero-order valence-corrected chi connectivity index (χ0v) is 19.4. The third-order valence-corrected chi connectivity index (χ3v) is 6.36. The van der Waals surface area contributed by atoms with Gasteiger partial charge in [0.25, 0.3) is 5.91 Å². The summed E-state index contributed by atoms with van der Waals surface area (Å²) in [5, 5.41) is 12.0. The maximum absolute atomic E-state index is 14.9. The number of carbonyl (C=O) groups excluding carboxylic acids is 1. The molecule has 1 aromatic carbocycles. The summed E-state index contributed by atoms with van der Waals surface area (Å²) in [5.74, 6) is -1.88. The van der Waals surface area contributed by atoms with Crippen molar-refractivity contribution in [1.29, 1.82) is 0 Å². The predicted octanol–water partition coefficient (Wildman–Crippen LogP) is 5.69. The molecule has 1 atom stereocenters. The second-order valence-electron chi connectivity index (χ2n) is 9.74. The molecular weight excluding hydrogens is 397 g/mol. The molecule has 31 heavy (non-hydrogen) atoms. The van der Waals surface area contributed by atoms with E-state index in [1.54, 1.807) is 20.8 Å². The van der Waals surface area contributed by atoms with Gasteiger partial charge in [-0.3, -0.25) is 4.79 Å². The summed E-state index contributed by atoms with van der Waals surface area (Å²) in [6, 6.07) is 1.68. The van der Waals surface area contributed by atoms with Crippen LogP contribution in [0.2, 0.25) is 0 Å². The summed E-state index contributed by atoms with van der Waals surface area (Å²) in [6.07, 6.45) is 6.46. The SMILES string of the molecule is C=CCC(CC)(CC)COc1cc(F)c(C(=O)N[C@H](C(=O)O)C(C)(C)C)cc1C1CC1. The van der Waals surface area contributed by atoms with E-state index in [-0.39, 0.29) is 16.9 Å². The minimum Gasteiger partial charge on any atom is -0.493 e. The van der Waals surface area contributed by atoms with Crippen LogP contribution in [0.1, 0.15) is 88.6 Å². The minimum absolute atomic E-state index is 0.0590. The van der Waals surface area contributed by atoms with E-state index in [0.29, 0.717) is 12.4 Å². The fraction of sp³-hybridized carbons (Fsp3) is 0.600. The Morgan fingerprint density at radius 3 is 2.35 bits per heavy atom. The first kappa shape index (κ1) is 24.9. The van der Waals surface area contributed by atoms with Crippen LogP contribution >= 0.6 is 0 Å². The molecule has 0 heterocycles. The highest BCUT2D eigenvalue weighted by Crippen LogP contribution is 2.46. The first-order valence-electron chi connectivity index (χ1n) is 11.1. The molecular formula is C25H36FNO4. The Kier molecular flexibility index (Phi) is 7.90. The molecule has 172 valence electrons. The molecule has 0 aromatic heterocycles. The van der Waals surface area contributed by atoms with Gasteiger partial charge in [0.05, 0.1) is 12.2 Å². The van der Waals surface area contributed by atoms with Crippen LogP contribution in [0, 0.1) is 16.6 Å². The van der Waals surface area contributed by atoms with Crippen molar-refractivity contribution in [3.05, 3.63) is 41.7 Å². The number of halogens is 1. The van der Waals surface area contributed by atoms with Gasteiger partial charge in [-0.1, -0.05) is 40.7 Å². The Hall–Kier alpha value is -2.37. The lowest BCUT2D eigenvalue weighted by Gasteiger charge is -2.31. The Balaban J connectivity index is 2.31. The Morgan fingerprint density at radius 1 is 1.29 bits per heavy atom. The largest absolute Gasteiger partial charge is 0.493 e. The number of ether oxygens (including phenoxy) is 1. The average molecular weight is 434 g/mol. The van der Waals surface area contributed by atoms with Crippen LogP contribution in [0.25, 0.3) is 0 Å². The van der Waals surface area contributed by atoms with E-state index in [0.717, 1.165) is 37.7 Å². The number of carboxylic acids is 1. The molecule has 0 unspecified atom stereocenters. The molecule has 1 aliphatic rings. The number of aliphatic carboxylic acids is 1. The number of hydrogen-bond acceptors (Lipinski definition) is 3. The molecule has 0 aliphatic heterocycles. The minimum atomic E-state index is -1.15. The van der Waals surface area contributed by atoms with Gasteiger partial charge in [0.2, 0.25) is 0 Å². The molecule has 5 nitrogen and oxygen atoms in total. The van der Waals surface area contributed by atoms with Crippen molar-refractivity contribution >= 4 is 11.9 Å². The second kappa shape index (κ2) is 9.84. The highest BCUT2D eigenvalue weighted by atomic mass is 19.1. The normalized spacial score (nSPS) is 15.3. The molecule has 0 bridgehead atoms. The third-order valence-electron chi connectivity index (χ3n) is 6.36. The smallest absolute Gasteiger partial charge is 0.326 e. The van der Waals surface area contributed by atoms with Crippen molar-refractivity contribution in [2.45, 2.75) is 78.7 Å². The van der Waals surface area contributed by atoms with E-state index in [2.05, 4.69) is 25.7 Å². The summed E-state index contributed by atoms with van der Waals surface area (Å²) in [6.45, 7) is 13.7. The van der Waals surface area contributed by atoms with E-state index >= 15 is 0 Å². The molecule has 2 rings (SSSR count). The number of carboxylic acid groups (broad SMARTS) is 1. The van der Waals surface area contributed by atoms with Crippen LogP contribution in [-0.2, 0) is 4.79 Å². The predicted molar refractivity (Wildman–Crippen MR) is 120 cm³/mol. The lowest BCUT2D eigenvalue weighted by atomic mass is 9.80. The zero-order valence-electron chi connectivity index (χ0n) is 19.4. The van der Waals surface area contributed by atoms with E-state index in [1.807, 2.05) is 6.08 Å². The zero-order chi connectivity index (χ0) is 23.4. The van der Waals surface area contributed by atoms with Crippen molar-refractivity contribution in [3.63, 3.8) is 0 Å². The van der Waals surface area contributed by atoms with Gasteiger partial charge in [-0.2, -0.15) is 0 Å². The highest BCUT2D eigenvalue weighted by Gasteiger charge is 2.35. The number of hydrogen-bond donors (Lipinski definition) is 2. The number of nitrogens with one attached hydrogen (secondary N) is 1. The lowest BCUT2D eigenvalue weighted by molar-refractivity contribution is -0.142. The molecule has 0 radical (unpaired) electrons. The standard InChI is InChI=1S/C25H36FNO4/c1-7-12-25(8-2,9-3)15-31-20-14-19(26)18(13-17(20)16-10-11-16)22(28)27-21(23(29)30)24(4,5)6/h7,13-14,16,21H,1,8-12,15H2,2-6H3,(H,27,28)(H,29,30)/t21-/m1/s1. The molecule has 0 spiro atoms. The molecule has 6 heteroatoms. The maximum atomic E-state index is 14.9. The van der Waals surface area contributed by atoms with Crippen LogP contribution in [0.3, 0.4) is 0 Å². The van der Waals surface area contributed by atoms with Gasteiger partial charge in [-0.15, -0.1) is 6.58 Å². The second-order valence-corrected chi connectivity index (χ2v) is 9.74. The van der Waals surface area contributed by atoms with Gasteiger partial charge in [-0.05, 0) is 55.1 Å². The van der Waals surface area contributed by atoms with E-state index < -0.39 is 29.2 Å². The Bertz CT molecular complexity index is 820. The van der Waals surface area contributed by atoms with Gasteiger partial charge < -0.3 is 15.2 Å². The molecule has 1 aliphatic carbocycles. The molecule has 0 saturated heterocycles. The highest BCUT2D eigenvalue weighted by molar-refractivity contribution is 5.97. The van der Waals surface area contributed by atoms with Crippen molar-refractivity contribution in [2.75, 3.05) is 6.61 Å². The number of rotatable bonds is 11. The van der Waals surface area contributed by atoms with Crippen molar-refractivity contribution in [3.8, 4) is 5.75 Å². The summed E-state index contributed by atoms with van der Waals surface area (Å²) in [4.78, 5) is 24.4. The number of allylic oxidation sites excluding steroid dienone is 1. The fourth-order valence-electron chi connectivity index (χ4n) is 3.78. The van der Waals surface area contributed by atoms with E-state index in [1.165, 1.54) is 12.1 Å². The van der Waals surface area contributed by atoms with Crippen LogP contribution in [0.5, 0.6) is 5.75 Å². The van der Waals surface area contributed by atoms with Crippen molar-refractivity contribution in [2.24, 2.45) is 10.8 Å². The molecule has 1 fully saturated rings. The molecule has 2 N–H and O–H groups in total. The number of amides is 1.